The number of likely N-dealkylation sites (N-methyl/N-ethyl adjacent to an activating group) is 1. The molecule has 38 heavy (non-hydrogen) atoms. The molecule has 0 aliphatic carbocycles. The Labute approximate surface area is 217 Å². The Balaban J connectivity index is 1.48. The normalized spacial score (nSPS) is 14.6. The summed E-state index contributed by atoms with van der Waals surface area (Å²) < 4.78 is 58.4. The van der Waals surface area contributed by atoms with Gasteiger partial charge in [-0.25, -0.2) is 9.37 Å². The highest BCUT2D eigenvalue weighted by Crippen LogP contribution is 2.33. The lowest BCUT2D eigenvalue weighted by molar-refractivity contribution is -0.140. The van der Waals surface area contributed by atoms with Crippen LogP contribution in [0.5, 0.6) is 5.75 Å². The number of carbonyl (C=O) groups excluding carboxylic acids is 1. The first kappa shape index (κ1) is 27.2. The van der Waals surface area contributed by atoms with E-state index in [0.29, 0.717) is 29.7 Å². The van der Waals surface area contributed by atoms with Gasteiger partial charge in [0, 0.05) is 49.8 Å². The monoisotopic (exact) mass is 529 g/mol. The van der Waals surface area contributed by atoms with E-state index < -0.39 is 23.6 Å². The molecule has 0 atom stereocenters. The van der Waals surface area contributed by atoms with Crippen LogP contribution in [-0.2, 0) is 11.0 Å². The Morgan fingerprint density at radius 2 is 1.95 bits per heavy atom. The molecule has 2 N–H and O–H groups in total. The Bertz CT molecular complexity index is 1320. The van der Waals surface area contributed by atoms with Gasteiger partial charge in [-0.15, -0.1) is 0 Å². The number of rotatable bonds is 7. The van der Waals surface area contributed by atoms with Gasteiger partial charge in [0.2, 0.25) is 0 Å². The summed E-state index contributed by atoms with van der Waals surface area (Å²) in [6, 6.07) is 10.1. The molecule has 1 saturated heterocycles. The van der Waals surface area contributed by atoms with E-state index in [1.54, 1.807) is 18.2 Å². The fourth-order valence-electron chi connectivity index (χ4n) is 3.90. The maximum absolute atomic E-state index is 13.4. The van der Waals surface area contributed by atoms with E-state index in [-0.39, 0.29) is 11.5 Å². The van der Waals surface area contributed by atoms with Crippen molar-refractivity contribution in [3.05, 3.63) is 65.7 Å². The fraction of sp³-hybridized carbons (Fsp3) is 0.333. The third-order valence-corrected chi connectivity index (χ3v) is 6.00. The number of piperazine rings is 1. The quantitative estimate of drug-likeness (QED) is 0.272. The van der Waals surface area contributed by atoms with Crippen molar-refractivity contribution < 1.29 is 27.1 Å². The van der Waals surface area contributed by atoms with Crippen LogP contribution in [0, 0.1) is 17.7 Å². The van der Waals surface area contributed by atoms with Crippen LogP contribution in [0.2, 0.25) is 0 Å². The Hall–Kier alpha value is -3.88. The molecule has 1 aliphatic rings. The molecule has 11 heteroatoms. The summed E-state index contributed by atoms with van der Waals surface area (Å²) in [6.07, 6.45) is -3.10. The van der Waals surface area contributed by atoms with E-state index in [4.69, 9.17) is 4.74 Å². The first-order valence-corrected chi connectivity index (χ1v) is 12.1. The molecule has 4 rings (SSSR count). The van der Waals surface area contributed by atoms with E-state index in [1.165, 1.54) is 24.3 Å². The number of benzene rings is 2. The lowest BCUT2D eigenvalue weighted by atomic mass is 10.1. The molecule has 0 radical (unpaired) electrons. The van der Waals surface area contributed by atoms with Gasteiger partial charge in [0.05, 0.1) is 18.5 Å². The third-order valence-electron chi connectivity index (χ3n) is 6.00. The van der Waals surface area contributed by atoms with E-state index in [1.807, 2.05) is 0 Å². The molecule has 1 fully saturated rings. The molecule has 200 valence electrons. The van der Waals surface area contributed by atoms with Crippen LogP contribution >= 0.6 is 0 Å². The molecule has 1 aliphatic heterocycles. The molecule has 1 amide bonds. The van der Waals surface area contributed by atoms with Gasteiger partial charge < -0.3 is 24.8 Å². The topological polar surface area (TPSA) is 73.5 Å². The summed E-state index contributed by atoms with van der Waals surface area (Å²) in [4.78, 5) is 23.3. The largest absolute Gasteiger partial charge is 0.491 e. The number of H-pyrrole nitrogens is 1. The summed E-state index contributed by atoms with van der Waals surface area (Å²) in [5.74, 6) is 4.14. The number of alkyl halides is 3. The van der Waals surface area contributed by atoms with Gasteiger partial charge in [-0.05, 0) is 49.9 Å². The van der Waals surface area contributed by atoms with Gasteiger partial charge in [-0.1, -0.05) is 12.0 Å². The molecule has 0 bridgehead atoms. The van der Waals surface area contributed by atoms with Crippen molar-refractivity contribution in [2.75, 3.05) is 51.7 Å². The molecular weight excluding hydrogens is 502 g/mol. The van der Waals surface area contributed by atoms with Crippen LogP contribution in [0.3, 0.4) is 0 Å². The second kappa shape index (κ2) is 12.1. The minimum absolute atomic E-state index is 0.0136. The fourth-order valence-corrected chi connectivity index (χ4v) is 3.90. The van der Waals surface area contributed by atoms with Crippen LogP contribution < -0.4 is 10.1 Å². The summed E-state index contributed by atoms with van der Waals surface area (Å²) in [5, 5.41) is 2.63. The summed E-state index contributed by atoms with van der Waals surface area (Å²) in [5.41, 5.74) is -0.114. The van der Waals surface area contributed by atoms with Crippen molar-refractivity contribution in [1.82, 2.24) is 19.8 Å². The zero-order valence-electron chi connectivity index (χ0n) is 20.7. The van der Waals surface area contributed by atoms with Crippen LogP contribution in [-0.4, -0.2) is 72.1 Å². The van der Waals surface area contributed by atoms with Crippen molar-refractivity contribution >= 4 is 11.6 Å². The van der Waals surface area contributed by atoms with Crippen molar-refractivity contribution in [2.45, 2.75) is 12.6 Å². The standard InChI is InChI=1S/C27H27F4N5O2/c1-35-11-13-36(14-12-35)10-3-15-38-23-8-7-20(26-32-18-24(34-26)27(29,30)31)17-22(23)33-25(37)9-6-19-4-2-5-21(28)16-19/h2,4-5,7-8,16-18H,3,10-15H2,1H3,(H,32,34)(H,33,37). The number of halogens is 4. The molecular formula is C27H27F4N5O2. The van der Waals surface area contributed by atoms with E-state index in [0.717, 1.165) is 39.1 Å². The number of carbonyl (C=O) groups is 1. The van der Waals surface area contributed by atoms with Crippen LogP contribution in [0.25, 0.3) is 11.4 Å². The maximum atomic E-state index is 13.4. The molecule has 0 saturated carbocycles. The second-order valence-corrected chi connectivity index (χ2v) is 8.92. The van der Waals surface area contributed by atoms with E-state index >= 15 is 0 Å². The highest BCUT2D eigenvalue weighted by atomic mass is 19.4. The summed E-state index contributed by atoms with van der Waals surface area (Å²) in [7, 11) is 2.09. The number of anilines is 1. The zero-order valence-corrected chi connectivity index (χ0v) is 20.7. The highest BCUT2D eigenvalue weighted by molar-refractivity contribution is 6.05. The molecule has 0 spiro atoms. The van der Waals surface area contributed by atoms with Crippen LogP contribution in [0.4, 0.5) is 23.2 Å². The van der Waals surface area contributed by atoms with Crippen molar-refractivity contribution in [2.24, 2.45) is 0 Å². The number of aromatic amines is 1. The lowest BCUT2D eigenvalue weighted by Crippen LogP contribution is -2.44. The Kier molecular flexibility index (Phi) is 8.66. The SMILES string of the molecule is CN1CCN(CCCOc2ccc(-c3ncc(C(F)(F)F)[nH]3)cc2NC(=O)C#Cc2cccc(F)c2)CC1. The Morgan fingerprint density at radius 3 is 2.66 bits per heavy atom. The lowest BCUT2D eigenvalue weighted by Gasteiger charge is -2.32. The van der Waals surface area contributed by atoms with Gasteiger partial charge in [0.15, 0.2) is 0 Å². The van der Waals surface area contributed by atoms with Crippen molar-refractivity contribution in [1.29, 1.82) is 0 Å². The van der Waals surface area contributed by atoms with Gasteiger partial charge >= 0.3 is 12.1 Å². The maximum Gasteiger partial charge on any atom is 0.432 e. The number of ether oxygens (including phenoxy) is 1. The van der Waals surface area contributed by atoms with Crippen LogP contribution in [0.15, 0.2) is 48.7 Å². The first-order valence-electron chi connectivity index (χ1n) is 12.1. The van der Waals surface area contributed by atoms with Gasteiger partial charge in [0.1, 0.15) is 23.1 Å². The van der Waals surface area contributed by atoms with Crippen LogP contribution in [0.1, 0.15) is 17.7 Å². The predicted molar refractivity (Wildman–Crippen MR) is 135 cm³/mol. The van der Waals surface area contributed by atoms with Gasteiger partial charge in [-0.3, -0.25) is 4.79 Å². The molecule has 0 unspecified atom stereocenters. The highest BCUT2D eigenvalue weighted by Gasteiger charge is 2.33. The summed E-state index contributed by atoms with van der Waals surface area (Å²) >= 11 is 0. The minimum atomic E-state index is -4.57. The third kappa shape index (κ3) is 7.57. The number of hydrogen-bond acceptors (Lipinski definition) is 5. The number of amides is 1. The molecule has 1 aromatic heterocycles. The second-order valence-electron chi connectivity index (χ2n) is 8.92. The number of nitrogens with one attached hydrogen (secondary N) is 2. The number of nitrogens with zero attached hydrogens (tertiary/aromatic N) is 3. The van der Waals surface area contributed by atoms with Crippen molar-refractivity contribution in [3.63, 3.8) is 0 Å². The summed E-state index contributed by atoms with van der Waals surface area (Å²) in [6.45, 7) is 5.23. The number of imidazole rings is 1. The Morgan fingerprint density at radius 1 is 1.16 bits per heavy atom. The molecule has 7 nitrogen and oxygen atoms in total. The van der Waals surface area contributed by atoms with E-state index in [2.05, 4.69) is 44.0 Å². The van der Waals surface area contributed by atoms with Gasteiger partial charge in [-0.2, -0.15) is 13.2 Å². The zero-order chi connectivity index (χ0) is 27.1. The number of aromatic nitrogens is 2. The van der Waals surface area contributed by atoms with Gasteiger partial charge in [0.25, 0.3) is 0 Å². The average Bonchev–Trinajstić information content (AvgIpc) is 3.38. The molecule has 2 heterocycles. The number of hydrogen-bond donors (Lipinski definition) is 2. The van der Waals surface area contributed by atoms with Crippen molar-refractivity contribution in [3.8, 4) is 29.0 Å². The minimum Gasteiger partial charge on any atom is -0.491 e. The molecule has 2 aromatic carbocycles. The molecule has 3 aromatic rings. The van der Waals surface area contributed by atoms with E-state index in [9.17, 15) is 22.4 Å². The smallest absolute Gasteiger partial charge is 0.432 e. The first-order chi connectivity index (χ1) is 18.2. The predicted octanol–water partition coefficient (Wildman–Crippen LogP) is 4.24. The average molecular weight is 530 g/mol.